The van der Waals surface area contributed by atoms with Crippen LogP contribution in [0.4, 0.5) is 0 Å². The van der Waals surface area contributed by atoms with E-state index in [1.54, 1.807) is 0 Å². The predicted octanol–water partition coefficient (Wildman–Crippen LogP) is 2.36. The van der Waals surface area contributed by atoms with Gasteiger partial charge < -0.3 is 20.3 Å². The van der Waals surface area contributed by atoms with Crippen molar-refractivity contribution >= 4 is 11.6 Å². The highest BCUT2D eigenvalue weighted by atomic mass is 35.5. The van der Waals surface area contributed by atoms with E-state index in [9.17, 15) is 5.11 Å². The van der Waals surface area contributed by atoms with E-state index in [1.165, 1.54) is 0 Å². The van der Waals surface area contributed by atoms with Crippen molar-refractivity contribution in [2.45, 2.75) is 38.4 Å². The fraction of sp³-hybridized carbons (Fsp3) is 0.625. The van der Waals surface area contributed by atoms with Crippen LogP contribution >= 0.6 is 11.6 Å². The summed E-state index contributed by atoms with van der Waals surface area (Å²) in [6.07, 6.45) is 3.62. The molecule has 21 heavy (non-hydrogen) atoms. The van der Waals surface area contributed by atoms with E-state index in [0.717, 1.165) is 37.8 Å². The first-order chi connectivity index (χ1) is 10.2. The van der Waals surface area contributed by atoms with Crippen molar-refractivity contribution in [1.82, 2.24) is 5.32 Å². The van der Waals surface area contributed by atoms with Crippen LogP contribution in [0.3, 0.4) is 0 Å². The first-order valence-corrected chi connectivity index (χ1v) is 7.92. The average Bonchev–Trinajstić information content (AvgIpc) is 2.48. The second kappa shape index (κ2) is 12.0. The third-order valence-electron chi connectivity index (χ3n) is 3.13. The summed E-state index contributed by atoms with van der Waals surface area (Å²) in [5.41, 5.74) is 1.04. The number of aliphatic hydroxyl groups is 2. The van der Waals surface area contributed by atoms with E-state index in [0.29, 0.717) is 24.8 Å². The highest BCUT2D eigenvalue weighted by Gasteiger charge is 2.03. The molecule has 0 saturated carbocycles. The van der Waals surface area contributed by atoms with Crippen molar-refractivity contribution < 1.29 is 14.9 Å². The van der Waals surface area contributed by atoms with Crippen LogP contribution < -0.4 is 5.32 Å². The van der Waals surface area contributed by atoms with Gasteiger partial charge in [0.2, 0.25) is 0 Å². The molecule has 0 fully saturated rings. The summed E-state index contributed by atoms with van der Waals surface area (Å²) >= 11 is 5.81. The van der Waals surface area contributed by atoms with Gasteiger partial charge in [0.1, 0.15) is 0 Å². The first kappa shape index (κ1) is 18.4. The summed E-state index contributed by atoms with van der Waals surface area (Å²) in [5.74, 6) is 0. The van der Waals surface area contributed by atoms with Crippen molar-refractivity contribution in [3.8, 4) is 0 Å². The molecule has 1 aromatic carbocycles. The molecule has 1 atom stereocenters. The minimum atomic E-state index is -0.491. The Morgan fingerprint density at radius 1 is 1.10 bits per heavy atom. The molecule has 5 heteroatoms. The van der Waals surface area contributed by atoms with E-state index in [4.69, 9.17) is 21.4 Å². The molecule has 0 aromatic heterocycles. The van der Waals surface area contributed by atoms with Gasteiger partial charge in [-0.3, -0.25) is 0 Å². The Labute approximate surface area is 132 Å². The first-order valence-electron chi connectivity index (χ1n) is 7.54. The maximum Gasteiger partial charge on any atom is 0.0897 e. The largest absolute Gasteiger partial charge is 0.396 e. The summed E-state index contributed by atoms with van der Waals surface area (Å²) < 4.78 is 5.47. The Hall–Kier alpha value is -0.650. The summed E-state index contributed by atoms with van der Waals surface area (Å²) in [6.45, 7) is 2.51. The number of halogens is 1. The van der Waals surface area contributed by atoms with Crippen LogP contribution in [0.2, 0.25) is 5.02 Å². The van der Waals surface area contributed by atoms with Gasteiger partial charge in [-0.05, 0) is 37.1 Å². The van der Waals surface area contributed by atoms with Gasteiger partial charge in [0.25, 0.3) is 0 Å². The lowest BCUT2D eigenvalue weighted by molar-refractivity contribution is 0.0289. The van der Waals surface area contributed by atoms with E-state index < -0.39 is 6.10 Å². The second-order valence-corrected chi connectivity index (χ2v) is 5.57. The number of aliphatic hydroxyl groups excluding tert-OH is 2. The second-order valence-electron chi connectivity index (χ2n) is 5.14. The third kappa shape index (κ3) is 9.82. The van der Waals surface area contributed by atoms with Crippen LogP contribution in [0, 0.1) is 0 Å². The number of unbranched alkanes of at least 4 members (excludes halogenated alkanes) is 3. The van der Waals surface area contributed by atoms with Gasteiger partial charge in [0.05, 0.1) is 19.3 Å². The quantitative estimate of drug-likeness (QED) is 0.518. The average molecular weight is 316 g/mol. The molecule has 0 aliphatic carbocycles. The minimum absolute atomic E-state index is 0.275. The molecule has 3 N–H and O–H groups in total. The van der Waals surface area contributed by atoms with Crippen LogP contribution in [0.25, 0.3) is 0 Å². The zero-order chi connectivity index (χ0) is 15.3. The highest BCUT2D eigenvalue weighted by molar-refractivity contribution is 6.30. The van der Waals surface area contributed by atoms with Crippen LogP contribution in [-0.2, 0) is 11.3 Å². The number of ether oxygens (including phenoxy) is 1. The summed E-state index contributed by atoms with van der Waals surface area (Å²) in [5, 5.41) is 22.3. The van der Waals surface area contributed by atoms with Crippen molar-refractivity contribution in [2.24, 2.45) is 0 Å². The highest BCUT2D eigenvalue weighted by Crippen LogP contribution is 2.10. The van der Waals surface area contributed by atoms with Crippen molar-refractivity contribution in [1.29, 1.82) is 0 Å². The molecule has 0 aliphatic rings. The lowest BCUT2D eigenvalue weighted by atomic mass is 10.2. The summed E-state index contributed by atoms with van der Waals surface area (Å²) in [7, 11) is 0. The molecule has 0 aliphatic heterocycles. The van der Waals surface area contributed by atoms with Crippen LogP contribution in [-0.4, -0.2) is 42.6 Å². The minimum Gasteiger partial charge on any atom is -0.396 e. The molecular weight excluding hydrogens is 290 g/mol. The van der Waals surface area contributed by atoms with E-state index in [1.807, 2.05) is 24.3 Å². The van der Waals surface area contributed by atoms with Crippen LogP contribution in [0.5, 0.6) is 0 Å². The van der Waals surface area contributed by atoms with Crippen LogP contribution in [0.15, 0.2) is 24.3 Å². The molecule has 0 amide bonds. The normalized spacial score (nSPS) is 12.5. The zero-order valence-electron chi connectivity index (χ0n) is 12.4. The van der Waals surface area contributed by atoms with Crippen molar-refractivity contribution in [3.05, 3.63) is 34.9 Å². The fourth-order valence-corrected chi connectivity index (χ4v) is 2.06. The third-order valence-corrected chi connectivity index (χ3v) is 3.39. The molecule has 120 valence electrons. The summed E-state index contributed by atoms with van der Waals surface area (Å²) in [4.78, 5) is 0. The molecule has 0 saturated heterocycles. The standard InChI is InChI=1S/C16H26ClNO3/c17-15-7-5-14(6-8-15)12-21-13-16(20)11-18-9-3-1-2-4-10-19/h5-8,16,18-20H,1-4,9-13H2. The Bertz CT molecular complexity index is 359. The van der Waals surface area contributed by atoms with Gasteiger partial charge in [0, 0.05) is 18.2 Å². The smallest absolute Gasteiger partial charge is 0.0897 e. The number of hydrogen-bond acceptors (Lipinski definition) is 4. The molecule has 0 heterocycles. The lowest BCUT2D eigenvalue weighted by Crippen LogP contribution is -2.31. The maximum atomic E-state index is 9.77. The van der Waals surface area contributed by atoms with Gasteiger partial charge in [-0.2, -0.15) is 0 Å². The van der Waals surface area contributed by atoms with Gasteiger partial charge in [-0.1, -0.05) is 36.6 Å². The van der Waals surface area contributed by atoms with Gasteiger partial charge in [-0.25, -0.2) is 0 Å². The Kier molecular flexibility index (Phi) is 10.5. The predicted molar refractivity (Wildman–Crippen MR) is 85.5 cm³/mol. The monoisotopic (exact) mass is 315 g/mol. The lowest BCUT2D eigenvalue weighted by Gasteiger charge is -2.12. The zero-order valence-corrected chi connectivity index (χ0v) is 13.2. The number of nitrogens with one attached hydrogen (secondary N) is 1. The number of hydrogen-bond donors (Lipinski definition) is 3. The molecule has 0 spiro atoms. The van der Waals surface area contributed by atoms with E-state index in [-0.39, 0.29) is 6.61 Å². The Morgan fingerprint density at radius 3 is 2.52 bits per heavy atom. The maximum absolute atomic E-state index is 9.77. The topological polar surface area (TPSA) is 61.7 Å². The van der Waals surface area contributed by atoms with Crippen molar-refractivity contribution in [3.63, 3.8) is 0 Å². The number of rotatable bonds is 12. The number of benzene rings is 1. The van der Waals surface area contributed by atoms with E-state index in [2.05, 4.69) is 5.32 Å². The Balaban J connectivity index is 1.96. The van der Waals surface area contributed by atoms with Gasteiger partial charge >= 0.3 is 0 Å². The molecule has 1 unspecified atom stereocenters. The molecule has 1 aromatic rings. The fourth-order valence-electron chi connectivity index (χ4n) is 1.94. The van der Waals surface area contributed by atoms with Gasteiger partial charge in [0.15, 0.2) is 0 Å². The van der Waals surface area contributed by atoms with Gasteiger partial charge in [-0.15, -0.1) is 0 Å². The van der Waals surface area contributed by atoms with E-state index >= 15 is 0 Å². The molecule has 4 nitrogen and oxygen atoms in total. The van der Waals surface area contributed by atoms with Crippen LogP contribution in [0.1, 0.15) is 31.2 Å². The molecule has 0 bridgehead atoms. The molecule has 0 radical (unpaired) electrons. The molecule has 1 rings (SSSR count). The SMILES string of the molecule is OCCCCCCNCC(O)COCc1ccc(Cl)cc1. The van der Waals surface area contributed by atoms with Crippen molar-refractivity contribution in [2.75, 3.05) is 26.3 Å². The molecular formula is C16H26ClNO3. The summed E-state index contributed by atoms with van der Waals surface area (Å²) in [6, 6.07) is 7.49. The Morgan fingerprint density at radius 2 is 1.81 bits per heavy atom.